The largest absolute Gasteiger partial charge is 0.373 e. The van der Waals surface area contributed by atoms with Crippen LogP contribution in [0.3, 0.4) is 0 Å². The van der Waals surface area contributed by atoms with Crippen LogP contribution in [0.4, 0.5) is 0 Å². The third-order valence-electron chi connectivity index (χ3n) is 4.80. The molecule has 0 radical (unpaired) electrons. The molecule has 1 nitrogen and oxygen atoms in total. The van der Waals surface area contributed by atoms with Gasteiger partial charge in [-0.05, 0) is 49.0 Å². The summed E-state index contributed by atoms with van der Waals surface area (Å²) >= 11 is 4.64. The van der Waals surface area contributed by atoms with Gasteiger partial charge in [0.2, 0.25) is 0 Å². The molecule has 118 valence electrons. The third-order valence-corrected chi connectivity index (χ3v) is 5.47. The van der Waals surface area contributed by atoms with Gasteiger partial charge in [-0.2, -0.15) is 12.6 Å². The maximum Gasteiger partial charge on any atom is 0.0828 e. The highest BCUT2D eigenvalue weighted by Crippen LogP contribution is 2.37. The SMILES string of the molecule is CCCC(CS)(CCC)COC1CCCc2ccccc21. The number of ether oxygens (including phenoxy) is 1. The second kappa shape index (κ2) is 8.24. The summed E-state index contributed by atoms with van der Waals surface area (Å²) in [5, 5.41) is 0. The van der Waals surface area contributed by atoms with E-state index in [1.54, 1.807) is 0 Å². The molecule has 0 bridgehead atoms. The molecule has 0 heterocycles. The van der Waals surface area contributed by atoms with Crippen molar-refractivity contribution in [3.63, 3.8) is 0 Å². The summed E-state index contributed by atoms with van der Waals surface area (Å²) in [6, 6.07) is 8.80. The minimum Gasteiger partial charge on any atom is -0.373 e. The summed E-state index contributed by atoms with van der Waals surface area (Å²) in [6.07, 6.45) is 8.78. The Morgan fingerprint density at radius 2 is 1.90 bits per heavy atom. The Morgan fingerprint density at radius 1 is 1.19 bits per heavy atom. The molecule has 0 amide bonds. The molecular weight excluding hydrogens is 276 g/mol. The Morgan fingerprint density at radius 3 is 2.57 bits per heavy atom. The smallest absolute Gasteiger partial charge is 0.0828 e. The lowest BCUT2D eigenvalue weighted by Crippen LogP contribution is -2.30. The standard InChI is InChI=1S/C19H30OS/c1-3-12-19(15-21,13-4-2)14-20-18-11-7-9-16-8-5-6-10-17(16)18/h5-6,8,10,18,21H,3-4,7,9,11-15H2,1-2H3. The molecule has 1 aliphatic rings. The predicted octanol–water partition coefficient (Wildman–Crippen LogP) is 5.60. The van der Waals surface area contributed by atoms with Gasteiger partial charge in [0.25, 0.3) is 0 Å². The Bertz CT molecular complexity index is 423. The summed E-state index contributed by atoms with van der Waals surface area (Å²) in [6.45, 7) is 5.39. The Labute approximate surface area is 135 Å². The fourth-order valence-electron chi connectivity index (χ4n) is 3.69. The molecule has 1 unspecified atom stereocenters. The van der Waals surface area contributed by atoms with Crippen molar-refractivity contribution in [2.45, 2.75) is 64.9 Å². The minimum atomic E-state index is 0.263. The second-order valence-electron chi connectivity index (χ2n) is 6.55. The van der Waals surface area contributed by atoms with Gasteiger partial charge >= 0.3 is 0 Å². The number of hydrogen-bond acceptors (Lipinski definition) is 2. The van der Waals surface area contributed by atoms with Crippen molar-refractivity contribution in [2.24, 2.45) is 5.41 Å². The molecule has 0 aliphatic heterocycles. The maximum atomic E-state index is 6.42. The molecule has 2 heteroatoms. The van der Waals surface area contributed by atoms with Crippen LogP contribution < -0.4 is 0 Å². The highest BCUT2D eigenvalue weighted by molar-refractivity contribution is 7.80. The molecular formula is C19H30OS. The van der Waals surface area contributed by atoms with E-state index < -0.39 is 0 Å². The summed E-state index contributed by atoms with van der Waals surface area (Å²) in [7, 11) is 0. The summed E-state index contributed by atoms with van der Waals surface area (Å²) in [4.78, 5) is 0. The zero-order valence-corrected chi connectivity index (χ0v) is 14.5. The number of fused-ring (bicyclic) bond motifs is 1. The predicted molar refractivity (Wildman–Crippen MR) is 94.2 cm³/mol. The molecule has 0 saturated heterocycles. The van der Waals surface area contributed by atoms with Gasteiger partial charge in [0.15, 0.2) is 0 Å². The number of benzene rings is 1. The van der Waals surface area contributed by atoms with E-state index >= 15 is 0 Å². The van der Waals surface area contributed by atoms with Crippen LogP contribution >= 0.6 is 12.6 Å². The quantitative estimate of drug-likeness (QED) is 0.615. The van der Waals surface area contributed by atoms with Crippen LogP contribution in [-0.2, 0) is 11.2 Å². The van der Waals surface area contributed by atoms with Crippen LogP contribution in [0, 0.1) is 5.41 Å². The van der Waals surface area contributed by atoms with Gasteiger partial charge in [-0.3, -0.25) is 0 Å². The molecule has 0 N–H and O–H groups in total. The molecule has 0 aromatic heterocycles. The first kappa shape index (κ1) is 16.9. The Hall–Kier alpha value is -0.470. The first-order valence-electron chi connectivity index (χ1n) is 8.55. The first-order valence-corrected chi connectivity index (χ1v) is 9.18. The van der Waals surface area contributed by atoms with E-state index in [0.717, 1.165) is 18.8 Å². The van der Waals surface area contributed by atoms with Crippen LogP contribution in [0.1, 0.15) is 69.6 Å². The van der Waals surface area contributed by atoms with Crippen molar-refractivity contribution in [3.8, 4) is 0 Å². The van der Waals surface area contributed by atoms with E-state index in [9.17, 15) is 0 Å². The van der Waals surface area contributed by atoms with Gasteiger partial charge in [0, 0.05) is 5.41 Å². The zero-order valence-electron chi connectivity index (χ0n) is 13.6. The molecule has 0 fully saturated rings. The minimum absolute atomic E-state index is 0.263. The van der Waals surface area contributed by atoms with Gasteiger partial charge in [0.05, 0.1) is 12.7 Å². The van der Waals surface area contributed by atoms with Gasteiger partial charge in [0.1, 0.15) is 0 Å². The van der Waals surface area contributed by atoms with E-state index in [0.29, 0.717) is 6.10 Å². The lowest BCUT2D eigenvalue weighted by molar-refractivity contribution is -0.0175. The molecule has 21 heavy (non-hydrogen) atoms. The van der Waals surface area contributed by atoms with Crippen LogP contribution in [0.25, 0.3) is 0 Å². The van der Waals surface area contributed by atoms with E-state index in [-0.39, 0.29) is 5.41 Å². The van der Waals surface area contributed by atoms with Crippen molar-refractivity contribution in [3.05, 3.63) is 35.4 Å². The molecule has 1 aliphatic carbocycles. The average molecular weight is 307 g/mol. The fourth-order valence-corrected chi connectivity index (χ4v) is 4.10. The van der Waals surface area contributed by atoms with E-state index in [1.807, 2.05) is 0 Å². The van der Waals surface area contributed by atoms with Gasteiger partial charge in [-0.15, -0.1) is 0 Å². The molecule has 1 aromatic carbocycles. The van der Waals surface area contributed by atoms with Crippen LogP contribution in [0.15, 0.2) is 24.3 Å². The van der Waals surface area contributed by atoms with Crippen molar-refractivity contribution >= 4 is 12.6 Å². The second-order valence-corrected chi connectivity index (χ2v) is 6.87. The summed E-state index contributed by atoms with van der Waals surface area (Å²) < 4.78 is 6.42. The van der Waals surface area contributed by atoms with Crippen molar-refractivity contribution in [2.75, 3.05) is 12.4 Å². The summed E-state index contributed by atoms with van der Waals surface area (Å²) in [5.41, 5.74) is 3.17. The number of thiol groups is 1. The third kappa shape index (κ3) is 4.26. The molecule has 1 atom stereocenters. The summed E-state index contributed by atoms with van der Waals surface area (Å²) in [5.74, 6) is 0.934. The van der Waals surface area contributed by atoms with Crippen molar-refractivity contribution < 1.29 is 4.74 Å². The molecule has 0 spiro atoms. The van der Waals surface area contributed by atoms with Crippen LogP contribution in [0.5, 0.6) is 0 Å². The highest BCUT2D eigenvalue weighted by Gasteiger charge is 2.30. The Balaban J connectivity index is 2.04. The van der Waals surface area contributed by atoms with Crippen molar-refractivity contribution in [1.29, 1.82) is 0 Å². The van der Waals surface area contributed by atoms with Crippen molar-refractivity contribution in [1.82, 2.24) is 0 Å². The average Bonchev–Trinajstić information content (AvgIpc) is 2.53. The van der Waals surface area contributed by atoms with E-state index in [2.05, 4.69) is 50.7 Å². The number of hydrogen-bond donors (Lipinski definition) is 1. The van der Waals surface area contributed by atoms with Gasteiger partial charge < -0.3 is 4.74 Å². The molecule has 2 rings (SSSR count). The van der Waals surface area contributed by atoms with E-state index in [1.165, 1.54) is 49.7 Å². The van der Waals surface area contributed by atoms with Crippen LogP contribution in [-0.4, -0.2) is 12.4 Å². The zero-order chi connectivity index (χ0) is 15.1. The molecule has 1 aromatic rings. The van der Waals surface area contributed by atoms with Crippen LogP contribution in [0.2, 0.25) is 0 Å². The maximum absolute atomic E-state index is 6.42. The van der Waals surface area contributed by atoms with E-state index in [4.69, 9.17) is 4.74 Å². The lowest BCUT2D eigenvalue weighted by atomic mass is 9.81. The van der Waals surface area contributed by atoms with Gasteiger partial charge in [-0.25, -0.2) is 0 Å². The van der Waals surface area contributed by atoms with Gasteiger partial charge in [-0.1, -0.05) is 51.0 Å². The highest BCUT2D eigenvalue weighted by atomic mass is 32.1. The first-order chi connectivity index (χ1) is 10.2. The Kier molecular flexibility index (Phi) is 6.63. The molecule has 0 saturated carbocycles. The monoisotopic (exact) mass is 306 g/mol. The number of rotatable bonds is 8. The fraction of sp³-hybridized carbons (Fsp3) is 0.684. The number of aryl methyl sites for hydroxylation is 1. The normalized spacial score (nSPS) is 18.5. The topological polar surface area (TPSA) is 9.23 Å². The lowest BCUT2D eigenvalue weighted by Gasteiger charge is -2.35.